The SMILES string of the molecule is CCCCc1ccc(-c2csc(/C(C#N)=C/c3ccc(C(C)C)cc3)n2)cc1. The van der Waals surface area contributed by atoms with E-state index in [0.29, 0.717) is 11.5 Å². The van der Waals surface area contributed by atoms with E-state index in [2.05, 4.69) is 75.4 Å². The molecule has 0 N–H and O–H groups in total. The lowest BCUT2D eigenvalue weighted by molar-refractivity contribution is 0.795. The lowest BCUT2D eigenvalue weighted by atomic mass is 10.0. The van der Waals surface area contributed by atoms with Crippen LogP contribution in [-0.2, 0) is 6.42 Å². The van der Waals surface area contributed by atoms with Gasteiger partial charge in [-0.25, -0.2) is 4.98 Å². The van der Waals surface area contributed by atoms with Crippen molar-refractivity contribution in [1.29, 1.82) is 5.26 Å². The number of thiazole rings is 1. The molecule has 28 heavy (non-hydrogen) atoms. The van der Waals surface area contributed by atoms with Gasteiger partial charge < -0.3 is 0 Å². The third-order valence-electron chi connectivity index (χ3n) is 4.84. The molecular formula is C25H26N2S. The molecule has 3 heteroatoms. The molecule has 0 radical (unpaired) electrons. The van der Waals surface area contributed by atoms with Crippen molar-refractivity contribution < 1.29 is 0 Å². The van der Waals surface area contributed by atoms with Crippen molar-refractivity contribution in [2.75, 3.05) is 0 Å². The summed E-state index contributed by atoms with van der Waals surface area (Å²) in [7, 11) is 0. The third kappa shape index (κ3) is 4.97. The van der Waals surface area contributed by atoms with Gasteiger partial charge in [-0.05, 0) is 41.5 Å². The van der Waals surface area contributed by atoms with Gasteiger partial charge in [-0.3, -0.25) is 0 Å². The molecule has 1 heterocycles. The summed E-state index contributed by atoms with van der Waals surface area (Å²) in [5, 5.41) is 12.4. The Bertz CT molecular complexity index is 971. The summed E-state index contributed by atoms with van der Waals surface area (Å²) in [6.45, 7) is 6.57. The van der Waals surface area contributed by atoms with Crippen LogP contribution in [0.4, 0.5) is 0 Å². The maximum Gasteiger partial charge on any atom is 0.134 e. The number of nitrogens with zero attached hydrogens (tertiary/aromatic N) is 2. The number of aromatic nitrogens is 1. The predicted octanol–water partition coefficient (Wildman–Crippen LogP) is 7.34. The fourth-order valence-corrected chi connectivity index (χ4v) is 3.83. The predicted molar refractivity (Wildman–Crippen MR) is 120 cm³/mol. The molecule has 0 atom stereocenters. The Labute approximate surface area is 172 Å². The van der Waals surface area contributed by atoms with Crippen molar-refractivity contribution in [3.05, 3.63) is 75.6 Å². The molecule has 3 aromatic rings. The average Bonchev–Trinajstić information content (AvgIpc) is 3.21. The monoisotopic (exact) mass is 386 g/mol. The second kappa shape index (κ2) is 9.48. The number of allylic oxidation sites excluding steroid dienone is 1. The molecule has 0 bridgehead atoms. The normalized spacial score (nSPS) is 11.6. The molecule has 2 nitrogen and oxygen atoms in total. The van der Waals surface area contributed by atoms with Crippen LogP contribution in [0, 0.1) is 11.3 Å². The summed E-state index contributed by atoms with van der Waals surface area (Å²) < 4.78 is 0. The quantitative estimate of drug-likeness (QED) is 0.398. The largest absolute Gasteiger partial charge is 0.235 e. The van der Waals surface area contributed by atoms with Crippen LogP contribution in [0.3, 0.4) is 0 Å². The van der Waals surface area contributed by atoms with Gasteiger partial charge in [0.05, 0.1) is 11.3 Å². The Morgan fingerprint density at radius 1 is 1.11 bits per heavy atom. The van der Waals surface area contributed by atoms with Gasteiger partial charge in [-0.15, -0.1) is 11.3 Å². The standard InChI is InChI=1S/C25H26N2S/c1-4-5-6-19-7-13-22(14-8-19)24-17-28-25(27-24)23(16-26)15-20-9-11-21(12-10-20)18(2)3/h7-15,17-18H,4-6H2,1-3H3/b23-15+. The van der Waals surface area contributed by atoms with E-state index in [0.717, 1.165) is 28.2 Å². The minimum Gasteiger partial charge on any atom is -0.235 e. The molecular weight excluding hydrogens is 360 g/mol. The Balaban J connectivity index is 1.80. The molecule has 0 saturated heterocycles. The van der Waals surface area contributed by atoms with E-state index < -0.39 is 0 Å². The first-order valence-electron chi connectivity index (χ1n) is 9.87. The van der Waals surface area contributed by atoms with Crippen molar-refractivity contribution in [2.45, 2.75) is 46.0 Å². The van der Waals surface area contributed by atoms with Gasteiger partial charge in [0.15, 0.2) is 0 Å². The van der Waals surface area contributed by atoms with E-state index in [1.165, 1.54) is 35.3 Å². The number of unbranched alkanes of at least 4 members (excludes halogenated alkanes) is 1. The molecule has 0 saturated carbocycles. The van der Waals surface area contributed by atoms with E-state index in [-0.39, 0.29) is 0 Å². The molecule has 142 valence electrons. The molecule has 0 spiro atoms. The maximum atomic E-state index is 9.63. The first-order valence-corrected chi connectivity index (χ1v) is 10.8. The highest BCUT2D eigenvalue weighted by Crippen LogP contribution is 2.28. The summed E-state index contributed by atoms with van der Waals surface area (Å²) in [5.74, 6) is 0.503. The van der Waals surface area contributed by atoms with Crippen molar-refractivity contribution in [3.8, 4) is 17.3 Å². The maximum absolute atomic E-state index is 9.63. The molecule has 0 unspecified atom stereocenters. The van der Waals surface area contributed by atoms with Crippen LogP contribution in [0.5, 0.6) is 0 Å². The average molecular weight is 387 g/mol. The van der Waals surface area contributed by atoms with Crippen molar-refractivity contribution in [2.24, 2.45) is 0 Å². The number of nitriles is 1. The van der Waals surface area contributed by atoms with Gasteiger partial charge in [0, 0.05) is 10.9 Å². The van der Waals surface area contributed by atoms with Gasteiger partial charge >= 0.3 is 0 Å². The second-order valence-corrected chi connectivity index (χ2v) is 8.19. The van der Waals surface area contributed by atoms with Crippen LogP contribution in [0.25, 0.3) is 22.9 Å². The van der Waals surface area contributed by atoms with Crippen LogP contribution >= 0.6 is 11.3 Å². The van der Waals surface area contributed by atoms with Crippen LogP contribution in [-0.4, -0.2) is 4.98 Å². The first-order chi connectivity index (χ1) is 13.6. The Morgan fingerprint density at radius 2 is 1.82 bits per heavy atom. The summed E-state index contributed by atoms with van der Waals surface area (Å²) >= 11 is 1.52. The first kappa shape index (κ1) is 20.0. The Morgan fingerprint density at radius 3 is 2.43 bits per heavy atom. The van der Waals surface area contributed by atoms with Gasteiger partial charge in [-0.2, -0.15) is 5.26 Å². The summed E-state index contributed by atoms with van der Waals surface area (Å²) in [6, 6.07) is 19.3. The lowest BCUT2D eigenvalue weighted by Gasteiger charge is -2.05. The lowest BCUT2D eigenvalue weighted by Crippen LogP contribution is -1.87. The van der Waals surface area contributed by atoms with Crippen molar-refractivity contribution >= 4 is 23.0 Å². The zero-order valence-electron chi connectivity index (χ0n) is 16.8. The van der Waals surface area contributed by atoms with E-state index in [9.17, 15) is 5.26 Å². The number of benzene rings is 2. The van der Waals surface area contributed by atoms with E-state index in [4.69, 9.17) is 4.98 Å². The number of hydrogen-bond donors (Lipinski definition) is 0. The number of rotatable bonds is 7. The topological polar surface area (TPSA) is 36.7 Å². The molecule has 3 rings (SSSR count). The smallest absolute Gasteiger partial charge is 0.134 e. The minimum absolute atomic E-state index is 0.503. The molecule has 0 aliphatic heterocycles. The van der Waals surface area contributed by atoms with Crippen LogP contribution in [0.15, 0.2) is 53.9 Å². The molecule has 0 amide bonds. The van der Waals surface area contributed by atoms with E-state index in [1.54, 1.807) is 0 Å². The molecule has 0 aliphatic carbocycles. The van der Waals surface area contributed by atoms with E-state index >= 15 is 0 Å². The van der Waals surface area contributed by atoms with Crippen LogP contribution < -0.4 is 0 Å². The van der Waals surface area contributed by atoms with Gasteiger partial charge in [-0.1, -0.05) is 75.7 Å². The third-order valence-corrected chi connectivity index (χ3v) is 5.71. The fraction of sp³-hybridized carbons (Fsp3) is 0.280. The molecule has 2 aromatic carbocycles. The van der Waals surface area contributed by atoms with Crippen molar-refractivity contribution in [3.63, 3.8) is 0 Å². The zero-order chi connectivity index (χ0) is 19.9. The van der Waals surface area contributed by atoms with E-state index in [1.807, 2.05) is 11.5 Å². The highest BCUT2D eigenvalue weighted by molar-refractivity contribution is 7.11. The molecule has 0 fully saturated rings. The van der Waals surface area contributed by atoms with Gasteiger partial charge in [0.25, 0.3) is 0 Å². The summed E-state index contributed by atoms with van der Waals surface area (Å²) in [5.41, 5.74) is 6.32. The Hall–Kier alpha value is -2.70. The summed E-state index contributed by atoms with van der Waals surface area (Å²) in [4.78, 5) is 4.71. The van der Waals surface area contributed by atoms with Gasteiger partial charge in [0.1, 0.15) is 11.1 Å². The van der Waals surface area contributed by atoms with Crippen molar-refractivity contribution in [1.82, 2.24) is 4.98 Å². The highest BCUT2D eigenvalue weighted by Gasteiger charge is 2.09. The minimum atomic E-state index is 0.503. The number of hydrogen-bond acceptors (Lipinski definition) is 3. The fourth-order valence-electron chi connectivity index (χ4n) is 3.04. The highest BCUT2D eigenvalue weighted by atomic mass is 32.1. The Kier molecular flexibility index (Phi) is 6.79. The number of aryl methyl sites for hydroxylation is 1. The van der Waals surface area contributed by atoms with Crippen LogP contribution in [0.1, 0.15) is 61.2 Å². The zero-order valence-corrected chi connectivity index (χ0v) is 17.6. The molecule has 0 aliphatic rings. The second-order valence-electron chi connectivity index (χ2n) is 7.33. The summed E-state index contributed by atoms with van der Waals surface area (Å²) in [6.07, 6.45) is 5.46. The van der Waals surface area contributed by atoms with Crippen LogP contribution in [0.2, 0.25) is 0 Å². The molecule has 1 aromatic heterocycles. The van der Waals surface area contributed by atoms with Gasteiger partial charge in [0.2, 0.25) is 0 Å².